The quantitative estimate of drug-likeness (QED) is 0.884. The Hall–Kier alpha value is -1.42. The van der Waals surface area contributed by atoms with Crippen LogP contribution in [0.15, 0.2) is 18.2 Å². The van der Waals surface area contributed by atoms with Crippen LogP contribution in [0.4, 0.5) is 5.69 Å². The third-order valence-corrected chi connectivity index (χ3v) is 3.83. The first-order chi connectivity index (χ1) is 9.28. The van der Waals surface area contributed by atoms with Crippen LogP contribution in [0.5, 0.6) is 11.5 Å². The molecule has 1 saturated heterocycles. The molecule has 3 rings (SSSR count). The summed E-state index contributed by atoms with van der Waals surface area (Å²) in [7, 11) is 0. The fraction of sp³-hybridized carbons (Fsp3) is 0.600. The van der Waals surface area contributed by atoms with Crippen molar-refractivity contribution in [2.75, 3.05) is 31.1 Å². The Morgan fingerprint density at radius 3 is 3.11 bits per heavy atom. The van der Waals surface area contributed by atoms with E-state index in [0.29, 0.717) is 12.6 Å². The summed E-state index contributed by atoms with van der Waals surface area (Å²) in [6, 6.07) is 6.70. The summed E-state index contributed by atoms with van der Waals surface area (Å²) in [6.45, 7) is 8.05. The molecule has 0 spiro atoms. The van der Waals surface area contributed by atoms with Gasteiger partial charge >= 0.3 is 0 Å². The highest BCUT2D eigenvalue weighted by Gasteiger charge is 2.26. The van der Waals surface area contributed by atoms with Gasteiger partial charge in [0.25, 0.3) is 0 Å². The van der Waals surface area contributed by atoms with Crippen LogP contribution in [0.25, 0.3) is 0 Å². The monoisotopic (exact) mass is 262 g/mol. The zero-order valence-electron chi connectivity index (χ0n) is 11.7. The van der Waals surface area contributed by atoms with Gasteiger partial charge in [-0.25, -0.2) is 0 Å². The van der Waals surface area contributed by atoms with Gasteiger partial charge < -0.3 is 19.7 Å². The molecule has 0 aromatic heterocycles. The summed E-state index contributed by atoms with van der Waals surface area (Å²) in [5.41, 5.74) is 1.17. The van der Waals surface area contributed by atoms with Crippen LogP contribution in [0.3, 0.4) is 0 Å². The summed E-state index contributed by atoms with van der Waals surface area (Å²) < 4.78 is 11.9. The van der Waals surface area contributed by atoms with Gasteiger partial charge in [0.15, 0.2) is 11.5 Å². The van der Waals surface area contributed by atoms with Crippen molar-refractivity contribution in [1.29, 1.82) is 0 Å². The molecular weight excluding hydrogens is 240 g/mol. The smallest absolute Gasteiger partial charge is 0.185 e. The number of nitrogens with zero attached hydrogens (tertiary/aromatic N) is 1. The molecule has 0 aliphatic carbocycles. The minimum Gasteiger partial charge on any atom is -0.486 e. The van der Waals surface area contributed by atoms with Gasteiger partial charge in [-0.1, -0.05) is 13.0 Å². The van der Waals surface area contributed by atoms with Crippen LogP contribution in [0, 0.1) is 0 Å². The Labute approximate surface area is 114 Å². The Kier molecular flexibility index (Phi) is 3.51. The van der Waals surface area contributed by atoms with Crippen molar-refractivity contribution in [2.45, 2.75) is 32.4 Å². The normalized spacial score (nSPS) is 26.3. The summed E-state index contributed by atoms with van der Waals surface area (Å²) in [5, 5.41) is 3.47. The molecule has 19 heavy (non-hydrogen) atoms. The number of para-hydroxylation sites is 1. The third-order valence-electron chi connectivity index (χ3n) is 3.83. The predicted molar refractivity (Wildman–Crippen MR) is 76.3 cm³/mol. The molecule has 2 atom stereocenters. The first kappa shape index (κ1) is 12.6. The lowest BCUT2D eigenvalue weighted by Gasteiger charge is -2.36. The number of anilines is 1. The number of nitrogens with one attached hydrogen (secondary N) is 1. The fourth-order valence-corrected chi connectivity index (χ4v) is 2.72. The number of benzene rings is 1. The molecule has 4 heteroatoms. The van der Waals surface area contributed by atoms with Crippen molar-refractivity contribution in [1.82, 2.24) is 5.32 Å². The lowest BCUT2D eigenvalue weighted by Crippen LogP contribution is -2.49. The first-order valence-corrected chi connectivity index (χ1v) is 7.18. The van der Waals surface area contributed by atoms with E-state index in [2.05, 4.69) is 36.2 Å². The van der Waals surface area contributed by atoms with E-state index >= 15 is 0 Å². The zero-order valence-corrected chi connectivity index (χ0v) is 11.7. The van der Waals surface area contributed by atoms with E-state index in [0.717, 1.165) is 37.6 Å². The molecule has 0 amide bonds. The molecule has 2 heterocycles. The molecule has 2 unspecified atom stereocenters. The molecule has 0 bridgehead atoms. The largest absolute Gasteiger partial charge is 0.486 e. The van der Waals surface area contributed by atoms with E-state index in [9.17, 15) is 0 Å². The molecule has 1 fully saturated rings. The van der Waals surface area contributed by atoms with E-state index in [1.54, 1.807) is 0 Å². The molecule has 1 N–H and O–H groups in total. The van der Waals surface area contributed by atoms with Gasteiger partial charge in [-0.05, 0) is 25.5 Å². The zero-order chi connectivity index (χ0) is 13.2. The molecule has 2 aliphatic rings. The molecule has 0 radical (unpaired) electrons. The van der Waals surface area contributed by atoms with Crippen molar-refractivity contribution >= 4 is 5.69 Å². The van der Waals surface area contributed by atoms with Crippen molar-refractivity contribution in [3.05, 3.63) is 18.2 Å². The van der Waals surface area contributed by atoms with E-state index in [4.69, 9.17) is 9.47 Å². The summed E-state index contributed by atoms with van der Waals surface area (Å²) in [5.74, 6) is 1.81. The van der Waals surface area contributed by atoms with E-state index < -0.39 is 0 Å². The lowest BCUT2D eigenvalue weighted by molar-refractivity contribution is 0.0889. The van der Waals surface area contributed by atoms with Crippen molar-refractivity contribution in [2.24, 2.45) is 0 Å². The highest BCUT2D eigenvalue weighted by atomic mass is 16.6. The lowest BCUT2D eigenvalue weighted by atomic mass is 10.1. The van der Waals surface area contributed by atoms with Crippen LogP contribution < -0.4 is 19.7 Å². The van der Waals surface area contributed by atoms with Crippen LogP contribution in [0.2, 0.25) is 0 Å². The second-order valence-electron chi connectivity index (χ2n) is 5.36. The van der Waals surface area contributed by atoms with Gasteiger partial charge in [0.2, 0.25) is 0 Å². The van der Waals surface area contributed by atoms with Crippen LogP contribution in [0.1, 0.15) is 20.3 Å². The average molecular weight is 262 g/mol. The molecule has 2 aliphatic heterocycles. The fourth-order valence-electron chi connectivity index (χ4n) is 2.72. The van der Waals surface area contributed by atoms with E-state index in [-0.39, 0.29) is 6.10 Å². The standard InChI is InChI=1S/C15H22N2O2/c1-3-12-10-18-14-6-4-5-13(15(14)19-12)17-8-7-16-11(2)9-17/h4-6,11-12,16H,3,7-10H2,1-2H3. The Balaban J connectivity index is 1.89. The summed E-state index contributed by atoms with van der Waals surface area (Å²) in [4.78, 5) is 2.39. The first-order valence-electron chi connectivity index (χ1n) is 7.18. The van der Waals surface area contributed by atoms with Gasteiger partial charge in [-0.3, -0.25) is 0 Å². The SMILES string of the molecule is CCC1COc2cccc(N3CCNC(C)C3)c2O1. The predicted octanol–water partition coefficient (Wildman–Crippen LogP) is 2.03. The number of hydrogen-bond donors (Lipinski definition) is 1. The molecular formula is C15H22N2O2. The summed E-state index contributed by atoms with van der Waals surface area (Å²) >= 11 is 0. The number of piperazine rings is 1. The molecule has 1 aromatic carbocycles. The minimum absolute atomic E-state index is 0.175. The van der Waals surface area contributed by atoms with Crippen LogP contribution in [-0.4, -0.2) is 38.4 Å². The second kappa shape index (κ2) is 5.29. The van der Waals surface area contributed by atoms with E-state index in [1.165, 1.54) is 5.69 Å². The van der Waals surface area contributed by atoms with Gasteiger partial charge in [0, 0.05) is 25.7 Å². The van der Waals surface area contributed by atoms with Gasteiger partial charge in [0.05, 0.1) is 5.69 Å². The second-order valence-corrected chi connectivity index (χ2v) is 5.36. The topological polar surface area (TPSA) is 33.7 Å². The maximum atomic E-state index is 6.11. The number of fused-ring (bicyclic) bond motifs is 1. The molecule has 4 nitrogen and oxygen atoms in total. The molecule has 0 saturated carbocycles. The Morgan fingerprint density at radius 2 is 2.32 bits per heavy atom. The van der Waals surface area contributed by atoms with Crippen molar-refractivity contribution < 1.29 is 9.47 Å². The minimum atomic E-state index is 0.175. The Bertz CT molecular complexity index is 450. The van der Waals surface area contributed by atoms with Gasteiger partial charge in [-0.2, -0.15) is 0 Å². The number of ether oxygens (including phenoxy) is 2. The molecule has 104 valence electrons. The number of rotatable bonds is 2. The van der Waals surface area contributed by atoms with Gasteiger partial charge in [-0.15, -0.1) is 0 Å². The third kappa shape index (κ3) is 2.50. The maximum Gasteiger partial charge on any atom is 0.185 e. The van der Waals surface area contributed by atoms with Crippen molar-refractivity contribution in [3.63, 3.8) is 0 Å². The highest BCUT2D eigenvalue weighted by molar-refractivity contribution is 5.65. The van der Waals surface area contributed by atoms with Crippen LogP contribution in [-0.2, 0) is 0 Å². The highest BCUT2D eigenvalue weighted by Crippen LogP contribution is 2.41. The summed E-state index contributed by atoms with van der Waals surface area (Å²) in [6.07, 6.45) is 1.15. The van der Waals surface area contributed by atoms with Crippen LogP contribution >= 0.6 is 0 Å². The average Bonchev–Trinajstić information content (AvgIpc) is 2.46. The number of hydrogen-bond acceptors (Lipinski definition) is 4. The van der Waals surface area contributed by atoms with Gasteiger partial charge in [0.1, 0.15) is 12.7 Å². The maximum absolute atomic E-state index is 6.11. The van der Waals surface area contributed by atoms with E-state index in [1.807, 2.05) is 6.07 Å². The molecule has 1 aromatic rings. The Morgan fingerprint density at radius 1 is 1.42 bits per heavy atom. The van der Waals surface area contributed by atoms with Crippen molar-refractivity contribution in [3.8, 4) is 11.5 Å².